The molecule has 4 rings (SSSR count). The number of methoxy groups -OCH3 is 1. The molecule has 2 aromatic carbocycles. The molecule has 0 aliphatic carbocycles. The van der Waals surface area contributed by atoms with Crippen molar-refractivity contribution in [1.29, 1.82) is 0 Å². The quantitative estimate of drug-likeness (QED) is 0.561. The molecule has 1 aliphatic heterocycles. The number of aromatic carboxylic acids is 1. The summed E-state index contributed by atoms with van der Waals surface area (Å²) >= 11 is 0. The molecule has 1 aromatic heterocycles. The first-order valence-electron chi connectivity index (χ1n) is 8.14. The van der Waals surface area contributed by atoms with Crippen LogP contribution in [0.2, 0.25) is 0 Å². The van der Waals surface area contributed by atoms with Crippen molar-refractivity contribution in [1.82, 2.24) is 0 Å². The average molecular weight is 366 g/mol. The first-order chi connectivity index (χ1) is 13.0. The van der Waals surface area contributed by atoms with E-state index in [0.29, 0.717) is 16.5 Å². The molecule has 1 N–H and O–H groups in total. The molecule has 0 spiro atoms. The molecule has 0 bridgehead atoms. The minimum atomic E-state index is -1.07. The zero-order valence-electron chi connectivity index (χ0n) is 14.2. The van der Waals surface area contributed by atoms with Crippen LogP contribution in [0, 0.1) is 0 Å². The normalized spacial score (nSPS) is 18.0. The number of carbonyl (C=O) groups excluding carboxylic acids is 1. The highest BCUT2D eigenvalue weighted by Crippen LogP contribution is 2.44. The second kappa shape index (κ2) is 6.28. The van der Waals surface area contributed by atoms with Crippen LogP contribution in [0.1, 0.15) is 27.4 Å². The van der Waals surface area contributed by atoms with Gasteiger partial charge in [0.15, 0.2) is 0 Å². The van der Waals surface area contributed by atoms with Gasteiger partial charge in [0, 0.05) is 0 Å². The summed E-state index contributed by atoms with van der Waals surface area (Å²) in [4.78, 5) is 36.0. The van der Waals surface area contributed by atoms with Gasteiger partial charge < -0.3 is 19.0 Å². The zero-order chi connectivity index (χ0) is 19.1. The van der Waals surface area contributed by atoms with Gasteiger partial charge in [0.25, 0.3) is 0 Å². The van der Waals surface area contributed by atoms with E-state index in [9.17, 15) is 14.4 Å². The van der Waals surface area contributed by atoms with Crippen LogP contribution in [0.15, 0.2) is 57.7 Å². The Morgan fingerprint density at radius 3 is 2.44 bits per heavy atom. The first kappa shape index (κ1) is 16.8. The summed E-state index contributed by atoms with van der Waals surface area (Å²) in [6, 6.07) is 12.8. The van der Waals surface area contributed by atoms with Gasteiger partial charge in [-0.3, -0.25) is 0 Å². The molecule has 0 radical (unpaired) electrons. The smallest absolute Gasteiger partial charge is 0.348 e. The number of ether oxygens (including phenoxy) is 2. The largest absolute Gasteiger partial charge is 0.478 e. The highest BCUT2D eigenvalue weighted by Gasteiger charge is 2.44. The van der Waals surface area contributed by atoms with Crippen LogP contribution in [0.3, 0.4) is 0 Å². The number of carboxylic acid groups (broad SMARTS) is 1. The van der Waals surface area contributed by atoms with Crippen molar-refractivity contribution in [2.24, 2.45) is 0 Å². The van der Waals surface area contributed by atoms with E-state index in [1.807, 2.05) is 0 Å². The SMILES string of the molecule is COC(=O)C1Oc2c(c(=O)oc3ccccc23)C1c1ccc(C(=O)O)cc1. The first-order valence-corrected chi connectivity index (χ1v) is 8.14. The fraction of sp³-hybridized carbons (Fsp3) is 0.150. The highest BCUT2D eigenvalue weighted by atomic mass is 16.6. The molecule has 0 fully saturated rings. The van der Waals surface area contributed by atoms with Crippen LogP contribution in [0.5, 0.6) is 5.75 Å². The van der Waals surface area contributed by atoms with E-state index < -0.39 is 29.6 Å². The monoisotopic (exact) mass is 366 g/mol. The molecule has 2 atom stereocenters. The highest BCUT2D eigenvalue weighted by molar-refractivity contribution is 5.89. The standard InChI is InChI=1S/C20H14O7/c1-25-20(24)17-14(10-6-8-11(9-7-10)18(21)22)15-16(27-17)12-4-2-3-5-13(12)26-19(15)23/h2-9,14,17H,1H3,(H,21,22). The number of hydrogen-bond donors (Lipinski definition) is 1. The lowest BCUT2D eigenvalue weighted by molar-refractivity contribution is -0.148. The summed E-state index contributed by atoms with van der Waals surface area (Å²) in [5, 5.41) is 9.65. The van der Waals surface area contributed by atoms with Gasteiger partial charge in [-0.05, 0) is 29.8 Å². The Kier molecular flexibility index (Phi) is 3.92. The lowest BCUT2D eigenvalue weighted by Gasteiger charge is -2.16. The maximum absolute atomic E-state index is 12.6. The van der Waals surface area contributed by atoms with Gasteiger partial charge in [-0.15, -0.1) is 0 Å². The Hall–Kier alpha value is -3.61. The van der Waals surface area contributed by atoms with E-state index in [1.165, 1.54) is 19.2 Å². The number of fused-ring (bicyclic) bond motifs is 3. The minimum absolute atomic E-state index is 0.0954. The maximum Gasteiger partial charge on any atom is 0.348 e. The lowest BCUT2D eigenvalue weighted by Crippen LogP contribution is -2.31. The van der Waals surface area contributed by atoms with Crippen molar-refractivity contribution in [2.75, 3.05) is 7.11 Å². The molecule has 2 unspecified atom stereocenters. The van der Waals surface area contributed by atoms with Gasteiger partial charge >= 0.3 is 17.6 Å². The molecule has 3 aromatic rings. The molecule has 2 heterocycles. The van der Waals surface area contributed by atoms with Gasteiger partial charge in [0.1, 0.15) is 11.3 Å². The van der Waals surface area contributed by atoms with Gasteiger partial charge in [0.2, 0.25) is 6.10 Å². The topological polar surface area (TPSA) is 103 Å². The number of hydrogen-bond acceptors (Lipinski definition) is 6. The molecule has 1 aliphatic rings. The number of esters is 1. The van der Waals surface area contributed by atoms with Crippen LogP contribution in [-0.2, 0) is 9.53 Å². The van der Waals surface area contributed by atoms with E-state index in [0.717, 1.165) is 0 Å². The van der Waals surface area contributed by atoms with Crippen LogP contribution in [0.25, 0.3) is 11.0 Å². The number of rotatable bonds is 3. The third-order valence-corrected chi connectivity index (χ3v) is 4.61. The fourth-order valence-electron chi connectivity index (χ4n) is 3.35. The molecule has 0 saturated carbocycles. The third-order valence-electron chi connectivity index (χ3n) is 4.61. The number of para-hydroxylation sites is 1. The van der Waals surface area contributed by atoms with Gasteiger partial charge in [-0.1, -0.05) is 24.3 Å². The lowest BCUT2D eigenvalue weighted by atomic mass is 9.88. The van der Waals surface area contributed by atoms with Crippen molar-refractivity contribution in [3.05, 3.63) is 75.6 Å². The maximum atomic E-state index is 12.6. The summed E-state index contributed by atoms with van der Waals surface area (Å²) in [7, 11) is 1.24. The number of carboxylic acids is 1. The molecule has 0 amide bonds. The van der Waals surface area contributed by atoms with Crippen molar-refractivity contribution >= 4 is 22.9 Å². The van der Waals surface area contributed by atoms with Gasteiger partial charge in [0.05, 0.1) is 29.5 Å². The summed E-state index contributed by atoms with van der Waals surface area (Å²) in [5.41, 5.74) is 0.608. The van der Waals surface area contributed by atoms with Gasteiger partial charge in [-0.2, -0.15) is 0 Å². The van der Waals surface area contributed by atoms with E-state index in [1.54, 1.807) is 36.4 Å². The predicted molar refractivity (Wildman–Crippen MR) is 94.2 cm³/mol. The second-order valence-corrected chi connectivity index (χ2v) is 6.09. The summed E-state index contributed by atoms with van der Waals surface area (Å²) in [5.74, 6) is -2.19. The number of carbonyl (C=O) groups is 2. The molecule has 7 heteroatoms. The van der Waals surface area contributed by atoms with Crippen molar-refractivity contribution in [3.63, 3.8) is 0 Å². The minimum Gasteiger partial charge on any atom is -0.478 e. The zero-order valence-corrected chi connectivity index (χ0v) is 14.2. The van der Waals surface area contributed by atoms with Crippen LogP contribution >= 0.6 is 0 Å². The molecule has 7 nitrogen and oxygen atoms in total. The molecule has 136 valence electrons. The molecular weight excluding hydrogens is 352 g/mol. The molecule has 0 saturated heterocycles. The van der Waals surface area contributed by atoms with E-state index >= 15 is 0 Å². The Morgan fingerprint density at radius 2 is 1.78 bits per heavy atom. The van der Waals surface area contributed by atoms with E-state index in [4.69, 9.17) is 19.0 Å². The Morgan fingerprint density at radius 1 is 1.07 bits per heavy atom. The summed E-state index contributed by atoms with van der Waals surface area (Å²) < 4.78 is 16.1. The Balaban J connectivity index is 1.93. The average Bonchev–Trinajstić information content (AvgIpc) is 3.09. The Bertz CT molecular complexity index is 1110. The molecule has 27 heavy (non-hydrogen) atoms. The van der Waals surface area contributed by atoms with Crippen molar-refractivity contribution in [2.45, 2.75) is 12.0 Å². The van der Waals surface area contributed by atoms with Crippen LogP contribution in [-0.4, -0.2) is 30.3 Å². The Labute approximate surface area is 152 Å². The van der Waals surface area contributed by atoms with Crippen LogP contribution < -0.4 is 10.4 Å². The van der Waals surface area contributed by atoms with Crippen LogP contribution in [0.4, 0.5) is 0 Å². The predicted octanol–water partition coefficient (Wildman–Crippen LogP) is 2.56. The van der Waals surface area contributed by atoms with E-state index in [-0.39, 0.29) is 16.9 Å². The third kappa shape index (κ3) is 2.64. The van der Waals surface area contributed by atoms with Crippen molar-refractivity contribution < 1.29 is 28.6 Å². The number of benzene rings is 2. The fourth-order valence-corrected chi connectivity index (χ4v) is 3.35. The van der Waals surface area contributed by atoms with Crippen molar-refractivity contribution in [3.8, 4) is 5.75 Å². The molecular formula is C20H14O7. The summed E-state index contributed by atoms with van der Waals surface area (Å²) in [6.07, 6.45) is -1.07. The second-order valence-electron chi connectivity index (χ2n) is 6.09. The van der Waals surface area contributed by atoms with E-state index in [2.05, 4.69) is 0 Å². The van der Waals surface area contributed by atoms with Gasteiger partial charge in [-0.25, -0.2) is 14.4 Å². The summed E-state index contributed by atoms with van der Waals surface area (Å²) in [6.45, 7) is 0.